The zero-order valence-electron chi connectivity index (χ0n) is 13.5. The molecule has 1 atom stereocenters. The Morgan fingerprint density at radius 1 is 1.30 bits per heavy atom. The number of hydrogen-bond acceptors (Lipinski definition) is 3. The van der Waals surface area contributed by atoms with E-state index in [-0.39, 0.29) is 11.4 Å². The summed E-state index contributed by atoms with van der Waals surface area (Å²) < 4.78 is 2.20. The van der Waals surface area contributed by atoms with Crippen LogP contribution < -0.4 is 11.5 Å². The number of benzene rings is 1. The van der Waals surface area contributed by atoms with Crippen LogP contribution in [0.1, 0.15) is 37.0 Å². The lowest BCUT2D eigenvalue weighted by molar-refractivity contribution is 0.100. The predicted molar refractivity (Wildman–Crippen MR) is 94.2 cm³/mol. The Hall–Kier alpha value is -2.56. The van der Waals surface area contributed by atoms with Crippen LogP contribution in [0.25, 0.3) is 21.9 Å². The first-order valence-electron chi connectivity index (χ1n) is 8.00. The van der Waals surface area contributed by atoms with Crippen LogP contribution in [0.4, 0.5) is 5.82 Å². The van der Waals surface area contributed by atoms with Crippen LogP contribution in [0.3, 0.4) is 0 Å². The van der Waals surface area contributed by atoms with Gasteiger partial charge in [0.05, 0.1) is 11.1 Å². The van der Waals surface area contributed by atoms with Gasteiger partial charge in [-0.15, -0.1) is 0 Å². The molecule has 0 aliphatic heterocycles. The van der Waals surface area contributed by atoms with Crippen molar-refractivity contribution in [2.24, 2.45) is 11.7 Å². The van der Waals surface area contributed by atoms with Crippen molar-refractivity contribution in [3.63, 3.8) is 0 Å². The number of carbonyl (C=O) groups excluding carboxylic acids is 1. The number of fused-ring (bicyclic) bond motifs is 3. The molecule has 2 heterocycles. The van der Waals surface area contributed by atoms with Gasteiger partial charge in [-0.3, -0.25) is 4.79 Å². The van der Waals surface area contributed by atoms with Crippen LogP contribution in [-0.2, 0) is 6.54 Å². The predicted octanol–water partition coefficient (Wildman–Crippen LogP) is 3.31. The fourth-order valence-electron chi connectivity index (χ4n) is 3.25. The lowest BCUT2D eigenvalue weighted by Gasteiger charge is -2.13. The van der Waals surface area contributed by atoms with Crippen molar-refractivity contribution in [2.75, 3.05) is 5.73 Å². The van der Waals surface area contributed by atoms with Crippen molar-refractivity contribution in [2.45, 2.75) is 33.2 Å². The number of pyridine rings is 1. The zero-order chi connectivity index (χ0) is 16.6. The SMILES string of the molecule is CCCC(C)Cn1c2ccccc2c2cc(C(N)=O)c(N)nc21. The maximum absolute atomic E-state index is 11.6. The van der Waals surface area contributed by atoms with Gasteiger partial charge in [0.1, 0.15) is 11.5 Å². The van der Waals surface area contributed by atoms with Gasteiger partial charge < -0.3 is 16.0 Å². The molecule has 0 spiro atoms. The van der Waals surface area contributed by atoms with E-state index in [2.05, 4.69) is 29.5 Å². The summed E-state index contributed by atoms with van der Waals surface area (Å²) in [5.41, 5.74) is 13.6. The minimum Gasteiger partial charge on any atom is -0.383 e. The first-order chi connectivity index (χ1) is 11.0. The highest BCUT2D eigenvalue weighted by Crippen LogP contribution is 2.31. The van der Waals surface area contributed by atoms with Crippen LogP contribution in [0.5, 0.6) is 0 Å². The summed E-state index contributed by atoms with van der Waals surface area (Å²) in [5.74, 6) is 0.183. The number of rotatable bonds is 5. The molecule has 0 bridgehead atoms. The zero-order valence-corrected chi connectivity index (χ0v) is 13.5. The van der Waals surface area contributed by atoms with E-state index >= 15 is 0 Å². The monoisotopic (exact) mass is 310 g/mol. The summed E-state index contributed by atoms with van der Waals surface area (Å²) in [7, 11) is 0. The van der Waals surface area contributed by atoms with Crippen molar-refractivity contribution in [1.82, 2.24) is 9.55 Å². The average Bonchev–Trinajstić information content (AvgIpc) is 2.80. The number of nitrogen functional groups attached to an aromatic ring is 1. The lowest BCUT2D eigenvalue weighted by atomic mass is 10.1. The van der Waals surface area contributed by atoms with Crippen molar-refractivity contribution >= 4 is 33.7 Å². The number of primary amides is 1. The largest absolute Gasteiger partial charge is 0.383 e. The van der Waals surface area contributed by atoms with Crippen LogP contribution in [0.2, 0.25) is 0 Å². The van der Waals surface area contributed by atoms with Crippen molar-refractivity contribution in [3.05, 3.63) is 35.9 Å². The minimum atomic E-state index is -0.548. The Labute approximate surface area is 135 Å². The van der Waals surface area contributed by atoms with Crippen LogP contribution >= 0.6 is 0 Å². The molecule has 0 aliphatic carbocycles. The van der Waals surface area contributed by atoms with Gasteiger partial charge in [0.2, 0.25) is 0 Å². The van der Waals surface area contributed by atoms with Crippen molar-refractivity contribution in [3.8, 4) is 0 Å². The summed E-state index contributed by atoms with van der Waals surface area (Å²) in [5, 5.41) is 1.99. The molecular weight excluding hydrogens is 288 g/mol. The fourth-order valence-corrected chi connectivity index (χ4v) is 3.25. The Kier molecular flexibility index (Phi) is 3.94. The summed E-state index contributed by atoms with van der Waals surface area (Å²) in [6.45, 7) is 5.31. The van der Waals surface area contributed by atoms with Crippen molar-refractivity contribution < 1.29 is 4.79 Å². The van der Waals surface area contributed by atoms with Gasteiger partial charge in [0, 0.05) is 17.3 Å². The van der Waals surface area contributed by atoms with E-state index in [0.29, 0.717) is 5.92 Å². The van der Waals surface area contributed by atoms with E-state index in [9.17, 15) is 4.79 Å². The molecule has 0 saturated heterocycles. The Balaban J connectivity index is 2.28. The number of nitrogens with zero attached hydrogens (tertiary/aromatic N) is 2. The molecule has 5 heteroatoms. The van der Waals surface area contributed by atoms with Crippen LogP contribution in [-0.4, -0.2) is 15.5 Å². The van der Waals surface area contributed by atoms with E-state index < -0.39 is 5.91 Å². The van der Waals surface area contributed by atoms with Gasteiger partial charge in [-0.05, 0) is 24.5 Å². The maximum atomic E-state index is 11.6. The van der Waals surface area contributed by atoms with E-state index in [0.717, 1.165) is 41.3 Å². The highest BCUT2D eigenvalue weighted by molar-refractivity contribution is 6.10. The maximum Gasteiger partial charge on any atom is 0.252 e. The van der Waals surface area contributed by atoms with Crippen LogP contribution in [0.15, 0.2) is 30.3 Å². The molecule has 2 aromatic heterocycles. The van der Waals surface area contributed by atoms with E-state index in [1.54, 1.807) is 6.07 Å². The van der Waals surface area contributed by atoms with E-state index in [1.807, 2.05) is 18.2 Å². The summed E-state index contributed by atoms with van der Waals surface area (Å²) in [4.78, 5) is 16.1. The molecule has 0 fully saturated rings. The Morgan fingerprint density at radius 2 is 2.04 bits per heavy atom. The fraction of sp³-hybridized carbons (Fsp3) is 0.333. The lowest BCUT2D eigenvalue weighted by Crippen LogP contribution is -2.15. The van der Waals surface area contributed by atoms with Gasteiger partial charge in [-0.2, -0.15) is 0 Å². The molecule has 1 unspecified atom stereocenters. The second-order valence-corrected chi connectivity index (χ2v) is 6.18. The summed E-state index contributed by atoms with van der Waals surface area (Å²) >= 11 is 0. The molecule has 5 nitrogen and oxygen atoms in total. The topological polar surface area (TPSA) is 86.9 Å². The number of amides is 1. The smallest absolute Gasteiger partial charge is 0.252 e. The molecule has 0 saturated carbocycles. The summed E-state index contributed by atoms with van der Waals surface area (Å²) in [6, 6.07) is 9.89. The second-order valence-electron chi connectivity index (χ2n) is 6.18. The quantitative estimate of drug-likeness (QED) is 0.758. The van der Waals surface area contributed by atoms with E-state index in [4.69, 9.17) is 11.5 Å². The van der Waals surface area contributed by atoms with Crippen molar-refractivity contribution in [1.29, 1.82) is 0 Å². The Morgan fingerprint density at radius 3 is 2.74 bits per heavy atom. The molecule has 3 rings (SSSR count). The minimum absolute atomic E-state index is 0.192. The molecule has 23 heavy (non-hydrogen) atoms. The normalized spacial score (nSPS) is 12.8. The molecule has 4 N–H and O–H groups in total. The third-order valence-corrected chi connectivity index (χ3v) is 4.31. The van der Waals surface area contributed by atoms with Gasteiger partial charge >= 0.3 is 0 Å². The number of carbonyl (C=O) groups is 1. The number of para-hydroxylation sites is 1. The molecule has 120 valence electrons. The second kappa shape index (κ2) is 5.91. The average molecular weight is 310 g/mol. The molecule has 1 aromatic carbocycles. The molecular formula is C18H22N4O. The number of hydrogen-bond donors (Lipinski definition) is 2. The first-order valence-corrected chi connectivity index (χ1v) is 8.00. The van der Waals surface area contributed by atoms with Gasteiger partial charge in [-0.1, -0.05) is 38.5 Å². The van der Waals surface area contributed by atoms with E-state index in [1.165, 1.54) is 0 Å². The van der Waals surface area contributed by atoms with Gasteiger partial charge in [0.25, 0.3) is 5.91 Å². The third-order valence-electron chi connectivity index (χ3n) is 4.31. The molecule has 0 aliphatic rings. The number of anilines is 1. The van der Waals surface area contributed by atoms with Gasteiger partial charge in [-0.25, -0.2) is 4.98 Å². The number of aromatic nitrogens is 2. The van der Waals surface area contributed by atoms with Crippen LogP contribution in [0, 0.1) is 5.92 Å². The summed E-state index contributed by atoms with van der Waals surface area (Å²) in [6.07, 6.45) is 2.31. The van der Waals surface area contributed by atoms with Gasteiger partial charge in [0.15, 0.2) is 0 Å². The third kappa shape index (κ3) is 2.63. The molecule has 3 aromatic rings. The Bertz CT molecular complexity index is 881. The standard InChI is InChI=1S/C18H22N4O/c1-3-6-11(2)10-22-15-8-5-4-7-12(15)13-9-14(17(20)23)16(19)21-18(13)22/h4-5,7-9,11H,3,6,10H2,1-2H3,(H2,19,21)(H2,20,23). The first kappa shape index (κ1) is 15.3. The molecule has 0 radical (unpaired) electrons. The highest BCUT2D eigenvalue weighted by Gasteiger charge is 2.17. The highest BCUT2D eigenvalue weighted by atomic mass is 16.1. The number of nitrogens with two attached hydrogens (primary N) is 2. The molecule has 1 amide bonds.